The minimum absolute atomic E-state index is 0.00810. The highest BCUT2D eigenvalue weighted by Crippen LogP contribution is 2.35. The van der Waals surface area contributed by atoms with Gasteiger partial charge in [0.1, 0.15) is 23.1 Å². The molecule has 1 N–H and O–H groups in total. The van der Waals surface area contributed by atoms with Crippen LogP contribution in [0.3, 0.4) is 0 Å². The summed E-state index contributed by atoms with van der Waals surface area (Å²) >= 11 is 1.29. The standard InChI is InChI=1S/C20H16N4O5S/c1-3-28-12-4-6-14(16(9-12)24(26)27)17-7-5-13(29-17)8-15-18(21)23-11(2)10-30-20(23)22-19(15)25/h4-10,21H,3H2,1-2H3/b15-8-,21-18?. The van der Waals surface area contributed by atoms with Gasteiger partial charge in [-0.3, -0.25) is 25.2 Å². The summed E-state index contributed by atoms with van der Waals surface area (Å²) in [4.78, 5) is 29.0. The first-order valence-electron chi connectivity index (χ1n) is 8.97. The van der Waals surface area contributed by atoms with Crippen LogP contribution in [0.25, 0.3) is 17.4 Å². The van der Waals surface area contributed by atoms with E-state index in [2.05, 4.69) is 4.99 Å². The number of amidine groups is 2. The number of carbonyl (C=O) groups excluding carboxylic acids is 1. The van der Waals surface area contributed by atoms with E-state index < -0.39 is 10.8 Å². The molecule has 1 aromatic heterocycles. The number of hydrogen-bond acceptors (Lipinski definition) is 7. The summed E-state index contributed by atoms with van der Waals surface area (Å²) in [7, 11) is 0. The average molecular weight is 424 g/mol. The number of rotatable bonds is 5. The molecule has 10 heteroatoms. The molecule has 30 heavy (non-hydrogen) atoms. The number of fused-ring (bicyclic) bond motifs is 1. The second-order valence-corrected chi connectivity index (χ2v) is 7.23. The lowest BCUT2D eigenvalue weighted by Gasteiger charge is -2.24. The van der Waals surface area contributed by atoms with Crippen molar-refractivity contribution in [3.05, 3.63) is 62.9 Å². The highest BCUT2D eigenvalue weighted by atomic mass is 32.2. The molecular weight excluding hydrogens is 408 g/mol. The summed E-state index contributed by atoms with van der Waals surface area (Å²) in [6.07, 6.45) is 1.42. The van der Waals surface area contributed by atoms with Gasteiger partial charge in [-0.05, 0) is 49.6 Å². The van der Waals surface area contributed by atoms with Gasteiger partial charge in [0.05, 0.1) is 28.7 Å². The molecule has 0 unspecified atom stereocenters. The average Bonchev–Trinajstić information content (AvgIpc) is 3.32. The van der Waals surface area contributed by atoms with Crippen LogP contribution < -0.4 is 4.74 Å². The van der Waals surface area contributed by atoms with Gasteiger partial charge in [-0.1, -0.05) is 11.8 Å². The van der Waals surface area contributed by atoms with Gasteiger partial charge in [0.2, 0.25) is 0 Å². The van der Waals surface area contributed by atoms with Crippen molar-refractivity contribution in [3.8, 4) is 17.1 Å². The third kappa shape index (κ3) is 3.41. The van der Waals surface area contributed by atoms with Crippen LogP contribution in [-0.4, -0.2) is 33.3 Å². The topological polar surface area (TPSA) is 122 Å². The molecule has 0 atom stereocenters. The SMILES string of the molecule is CCOc1ccc(-c2ccc(/C=C3/C(=N)N4C(C)=CSC4=NC3=O)o2)c([N+](=O)[O-])c1. The van der Waals surface area contributed by atoms with Crippen molar-refractivity contribution in [3.63, 3.8) is 0 Å². The Hall–Kier alpha value is -3.66. The smallest absolute Gasteiger partial charge is 0.284 e. The van der Waals surface area contributed by atoms with Gasteiger partial charge in [-0.15, -0.1) is 0 Å². The minimum atomic E-state index is -0.535. The number of nitrogens with zero attached hydrogens (tertiary/aromatic N) is 3. The summed E-state index contributed by atoms with van der Waals surface area (Å²) in [5.41, 5.74) is 1.01. The van der Waals surface area contributed by atoms with Crippen molar-refractivity contribution in [1.82, 2.24) is 4.90 Å². The molecule has 152 valence electrons. The molecule has 0 aliphatic carbocycles. The lowest BCUT2D eigenvalue weighted by Crippen LogP contribution is -2.37. The summed E-state index contributed by atoms with van der Waals surface area (Å²) in [6.45, 7) is 4.01. The number of carbonyl (C=O) groups is 1. The van der Waals surface area contributed by atoms with Crippen LogP contribution in [0.15, 0.2) is 56.4 Å². The van der Waals surface area contributed by atoms with Crippen molar-refractivity contribution in [2.75, 3.05) is 6.61 Å². The van der Waals surface area contributed by atoms with E-state index in [1.807, 2.05) is 12.3 Å². The van der Waals surface area contributed by atoms with Gasteiger partial charge in [0, 0.05) is 5.70 Å². The zero-order chi connectivity index (χ0) is 21.4. The molecular formula is C20H16N4O5S. The van der Waals surface area contributed by atoms with Gasteiger partial charge in [-0.2, -0.15) is 4.99 Å². The molecule has 2 aromatic rings. The number of benzene rings is 1. The highest BCUT2D eigenvalue weighted by molar-refractivity contribution is 8.16. The molecule has 0 radical (unpaired) electrons. The van der Waals surface area contributed by atoms with Crippen LogP contribution in [0, 0.1) is 15.5 Å². The second kappa shape index (κ2) is 7.64. The molecule has 0 bridgehead atoms. The number of hydrogen-bond donors (Lipinski definition) is 1. The molecule has 0 spiro atoms. The highest BCUT2D eigenvalue weighted by Gasteiger charge is 2.34. The molecule has 1 amide bonds. The van der Waals surface area contributed by atoms with Crippen LogP contribution >= 0.6 is 11.8 Å². The van der Waals surface area contributed by atoms with Crippen LogP contribution in [0.4, 0.5) is 5.69 Å². The van der Waals surface area contributed by atoms with Crippen LogP contribution in [0.5, 0.6) is 5.75 Å². The predicted octanol–water partition coefficient (Wildman–Crippen LogP) is 4.42. The Morgan fingerprint density at radius 1 is 1.37 bits per heavy atom. The van der Waals surface area contributed by atoms with E-state index in [1.54, 1.807) is 36.1 Å². The van der Waals surface area contributed by atoms with Crippen LogP contribution in [-0.2, 0) is 4.79 Å². The monoisotopic (exact) mass is 424 g/mol. The predicted molar refractivity (Wildman–Crippen MR) is 113 cm³/mol. The Balaban J connectivity index is 1.69. The van der Waals surface area contributed by atoms with Crippen LogP contribution in [0.1, 0.15) is 19.6 Å². The number of furan rings is 1. The van der Waals surface area contributed by atoms with E-state index in [-0.39, 0.29) is 34.2 Å². The van der Waals surface area contributed by atoms with Crippen molar-refractivity contribution in [1.29, 1.82) is 5.41 Å². The lowest BCUT2D eigenvalue weighted by molar-refractivity contribution is -0.384. The number of nitrogens with one attached hydrogen (secondary N) is 1. The third-order valence-electron chi connectivity index (χ3n) is 4.44. The fourth-order valence-electron chi connectivity index (χ4n) is 3.09. The molecule has 2 aliphatic heterocycles. The summed E-state index contributed by atoms with van der Waals surface area (Å²) in [6, 6.07) is 7.69. The second-order valence-electron chi connectivity index (χ2n) is 6.39. The Labute approximate surface area is 175 Å². The van der Waals surface area contributed by atoms with Gasteiger partial charge in [-0.25, -0.2) is 0 Å². The first-order chi connectivity index (χ1) is 14.4. The fourth-order valence-corrected chi connectivity index (χ4v) is 3.94. The first-order valence-corrected chi connectivity index (χ1v) is 9.85. The fraction of sp³-hybridized carbons (Fsp3) is 0.150. The molecule has 2 aliphatic rings. The number of allylic oxidation sites excluding steroid dienone is 1. The number of ether oxygens (including phenoxy) is 1. The zero-order valence-electron chi connectivity index (χ0n) is 16.0. The lowest BCUT2D eigenvalue weighted by atomic mass is 10.1. The van der Waals surface area contributed by atoms with Crippen molar-refractivity contribution in [2.45, 2.75) is 13.8 Å². The van der Waals surface area contributed by atoms with E-state index in [4.69, 9.17) is 14.6 Å². The van der Waals surface area contributed by atoms with E-state index in [0.717, 1.165) is 5.70 Å². The largest absolute Gasteiger partial charge is 0.494 e. The number of aliphatic imine (C=N–C) groups is 1. The number of thioether (sulfide) groups is 1. The Kier molecular flexibility index (Phi) is 5.00. The maximum atomic E-state index is 12.4. The summed E-state index contributed by atoms with van der Waals surface area (Å²) < 4.78 is 11.1. The van der Waals surface area contributed by atoms with Crippen molar-refractivity contribution >= 4 is 40.4 Å². The quantitative estimate of drug-likeness (QED) is 0.428. The number of nitro groups is 1. The van der Waals surface area contributed by atoms with E-state index in [1.165, 1.54) is 23.9 Å². The zero-order valence-corrected chi connectivity index (χ0v) is 16.9. The minimum Gasteiger partial charge on any atom is -0.494 e. The van der Waals surface area contributed by atoms with E-state index in [0.29, 0.717) is 17.5 Å². The molecule has 0 fully saturated rings. The normalized spacial score (nSPS) is 17.1. The molecule has 9 nitrogen and oxygen atoms in total. The molecule has 4 rings (SSSR count). The van der Waals surface area contributed by atoms with Gasteiger partial charge in [0.15, 0.2) is 5.17 Å². The van der Waals surface area contributed by atoms with E-state index >= 15 is 0 Å². The Morgan fingerprint density at radius 2 is 2.17 bits per heavy atom. The maximum Gasteiger partial charge on any atom is 0.284 e. The number of amides is 1. The van der Waals surface area contributed by atoms with E-state index in [9.17, 15) is 14.9 Å². The Morgan fingerprint density at radius 3 is 2.90 bits per heavy atom. The van der Waals surface area contributed by atoms with Crippen LogP contribution in [0.2, 0.25) is 0 Å². The van der Waals surface area contributed by atoms with Gasteiger partial charge >= 0.3 is 0 Å². The summed E-state index contributed by atoms with van der Waals surface area (Å²) in [5.74, 6) is 0.418. The van der Waals surface area contributed by atoms with Crippen molar-refractivity contribution < 1.29 is 18.9 Å². The molecule has 1 aromatic carbocycles. The van der Waals surface area contributed by atoms with Gasteiger partial charge in [0.25, 0.3) is 11.6 Å². The van der Waals surface area contributed by atoms with Gasteiger partial charge < -0.3 is 9.15 Å². The Bertz CT molecular complexity index is 1180. The third-order valence-corrected chi connectivity index (χ3v) is 5.38. The molecule has 3 heterocycles. The summed E-state index contributed by atoms with van der Waals surface area (Å²) in [5, 5.41) is 22.1. The number of nitro benzene ring substituents is 1. The molecule has 0 saturated heterocycles. The van der Waals surface area contributed by atoms with Crippen molar-refractivity contribution in [2.24, 2.45) is 4.99 Å². The maximum absolute atomic E-state index is 12.4. The molecule has 0 saturated carbocycles. The first kappa shape index (κ1) is 19.6.